The zero-order valence-electron chi connectivity index (χ0n) is 10.4. The van der Waals surface area contributed by atoms with Gasteiger partial charge in [0.1, 0.15) is 5.52 Å². The smallest absolute Gasteiger partial charge is 0.222 e. The van der Waals surface area contributed by atoms with E-state index in [0.29, 0.717) is 23.3 Å². The van der Waals surface area contributed by atoms with Gasteiger partial charge >= 0.3 is 0 Å². The van der Waals surface area contributed by atoms with Crippen molar-refractivity contribution in [2.75, 3.05) is 12.3 Å². The van der Waals surface area contributed by atoms with Crippen molar-refractivity contribution in [3.05, 3.63) is 31.0 Å². The number of nitrogen functional groups attached to an aromatic ring is 1. The predicted octanol–water partition coefficient (Wildman–Crippen LogP) is 1.49. The van der Waals surface area contributed by atoms with Crippen LogP contribution in [0.25, 0.3) is 11.0 Å². The van der Waals surface area contributed by atoms with Crippen LogP contribution in [0, 0.1) is 5.92 Å². The highest BCUT2D eigenvalue weighted by molar-refractivity contribution is 5.86. The molecule has 0 aliphatic heterocycles. The molecule has 2 aromatic rings. The maximum absolute atomic E-state index is 9.19. The Labute approximate surface area is 110 Å². The van der Waals surface area contributed by atoms with E-state index in [1.54, 1.807) is 30.6 Å². The summed E-state index contributed by atoms with van der Waals surface area (Å²) < 4.78 is 0. The highest BCUT2D eigenvalue weighted by atomic mass is 16.3. The molecule has 0 spiro atoms. The molecular weight excluding hydrogens is 242 g/mol. The molecule has 0 saturated heterocycles. The number of nitrogens with zero attached hydrogens (tertiary/aromatic N) is 4. The van der Waals surface area contributed by atoms with Crippen LogP contribution >= 0.6 is 0 Å². The number of allylic oxidation sites excluding steroid dienone is 1. The zero-order chi connectivity index (χ0) is 13.7. The van der Waals surface area contributed by atoms with Crippen LogP contribution in [0.2, 0.25) is 0 Å². The van der Waals surface area contributed by atoms with E-state index in [0.717, 1.165) is 0 Å². The van der Waals surface area contributed by atoms with Crippen molar-refractivity contribution in [3.8, 4) is 0 Å². The second-order valence-electron chi connectivity index (χ2n) is 4.02. The van der Waals surface area contributed by atoms with Gasteiger partial charge in [0.2, 0.25) is 5.95 Å². The summed E-state index contributed by atoms with van der Waals surface area (Å²) in [5.41, 5.74) is 6.86. The highest BCUT2D eigenvalue weighted by Crippen LogP contribution is 2.21. The predicted molar refractivity (Wildman–Crippen MR) is 75.3 cm³/mol. The first-order valence-corrected chi connectivity index (χ1v) is 5.88. The fraction of sp³-hybridized carbons (Fsp3) is 0.231. The van der Waals surface area contributed by atoms with Crippen molar-refractivity contribution in [2.45, 2.75) is 6.42 Å². The minimum absolute atomic E-state index is 0.00144. The normalized spacial score (nSPS) is 12.9. The maximum Gasteiger partial charge on any atom is 0.222 e. The lowest BCUT2D eigenvalue weighted by atomic mass is 10.1. The molecule has 6 heteroatoms. The van der Waals surface area contributed by atoms with Crippen LogP contribution in [0.3, 0.4) is 0 Å². The van der Waals surface area contributed by atoms with Crippen molar-refractivity contribution >= 4 is 29.0 Å². The fourth-order valence-corrected chi connectivity index (χ4v) is 1.63. The lowest BCUT2D eigenvalue weighted by molar-refractivity contribution is 0.264. The summed E-state index contributed by atoms with van der Waals surface area (Å²) in [5.74, 6) is 0.468. The summed E-state index contributed by atoms with van der Waals surface area (Å²) in [4.78, 5) is 16.6. The molecule has 0 fully saturated rings. The van der Waals surface area contributed by atoms with Crippen LogP contribution in [0.5, 0.6) is 0 Å². The van der Waals surface area contributed by atoms with E-state index < -0.39 is 0 Å². The van der Waals surface area contributed by atoms with Gasteiger partial charge in [-0.3, -0.25) is 4.98 Å². The van der Waals surface area contributed by atoms with Gasteiger partial charge in [0.15, 0.2) is 5.82 Å². The summed E-state index contributed by atoms with van der Waals surface area (Å²) in [5, 5.41) is 9.19. The molecule has 98 valence electrons. The average molecular weight is 257 g/mol. The minimum Gasteiger partial charge on any atom is -0.396 e. The molecule has 1 unspecified atom stereocenters. The number of rotatable bonds is 5. The Hall–Kier alpha value is -2.34. The number of anilines is 1. The SMILES string of the molecule is C=CCC(C=Nc1nc(N)nc2cccnc12)CO. The standard InChI is InChI=1S/C13H15N5O/c1-2-4-9(8-19)7-16-12-11-10(5-3-6-15-11)17-13(14)18-12/h2-3,5-7,9,19H,1,4,8H2,(H2,14,17,18). The van der Waals surface area contributed by atoms with E-state index >= 15 is 0 Å². The Balaban J connectivity index is 2.39. The summed E-state index contributed by atoms with van der Waals surface area (Å²) in [6.45, 7) is 3.64. The van der Waals surface area contributed by atoms with Crippen molar-refractivity contribution in [3.63, 3.8) is 0 Å². The van der Waals surface area contributed by atoms with Crippen molar-refractivity contribution in [1.82, 2.24) is 15.0 Å². The van der Waals surface area contributed by atoms with Gasteiger partial charge < -0.3 is 10.8 Å². The van der Waals surface area contributed by atoms with Gasteiger partial charge in [0, 0.05) is 18.3 Å². The number of hydrogen-bond acceptors (Lipinski definition) is 6. The third-order valence-electron chi connectivity index (χ3n) is 2.57. The van der Waals surface area contributed by atoms with Crippen LogP contribution in [0.4, 0.5) is 11.8 Å². The summed E-state index contributed by atoms with van der Waals surface area (Å²) in [6, 6.07) is 3.57. The second-order valence-corrected chi connectivity index (χ2v) is 4.02. The lowest BCUT2D eigenvalue weighted by Gasteiger charge is -2.05. The highest BCUT2D eigenvalue weighted by Gasteiger charge is 2.07. The van der Waals surface area contributed by atoms with Crippen molar-refractivity contribution in [2.24, 2.45) is 10.9 Å². The molecule has 1 atom stereocenters. The number of aliphatic hydroxyl groups is 1. The molecule has 19 heavy (non-hydrogen) atoms. The largest absolute Gasteiger partial charge is 0.396 e. The average Bonchev–Trinajstić information content (AvgIpc) is 2.43. The Morgan fingerprint density at radius 3 is 3.05 bits per heavy atom. The summed E-state index contributed by atoms with van der Waals surface area (Å²) in [6.07, 6.45) is 5.66. The van der Waals surface area contributed by atoms with E-state index in [9.17, 15) is 5.11 Å². The Morgan fingerprint density at radius 1 is 1.47 bits per heavy atom. The van der Waals surface area contributed by atoms with E-state index in [2.05, 4.69) is 26.5 Å². The number of pyridine rings is 1. The van der Waals surface area contributed by atoms with E-state index in [1.165, 1.54) is 0 Å². The molecule has 2 rings (SSSR count). The fourth-order valence-electron chi connectivity index (χ4n) is 1.63. The Kier molecular flexibility index (Phi) is 4.15. The maximum atomic E-state index is 9.19. The van der Waals surface area contributed by atoms with E-state index in [4.69, 9.17) is 5.73 Å². The topological polar surface area (TPSA) is 97.3 Å². The van der Waals surface area contributed by atoms with Crippen molar-refractivity contribution < 1.29 is 5.11 Å². The molecule has 0 aliphatic rings. The molecule has 0 amide bonds. The quantitative estimate of drug-likeness (QED) is 0.624. The molecule has 0 radical (unpaired) electrons. The molecule has 0 aliphatic carbocycles. The Bertz CT molecular complexity index is 611. The van der Waals surface area contributed by atoms with Crippen molar-refractivity contribution in [1.29, 1.82) is 0 Å². The van der Waals surface area contributed by atoms with Gasteiger partial charge in [0.05, 0.1) is 12.1 Å². The second kappa shape index (κ2) is 6.01. The number of hydrogen-bond donors (Lipinski definition) is 2. The van der Waals surface area contributed by atoms with Crippen LogP contribution in [0.15, 0.2) is 36.0 Å². The number of nitrogens with two attached hydrogens (primary N) is 1. The number of aliphatic imine (C=N–C) groups is 1. The van der Waals surface area contributed by atoms with Gasteiger partial charge in [-0.15, -0.1) is 6.58 Å². The number of aliphatic hydroxyl groups excluding tert-OH is 1. The van der Waals surface area contributed by atoms with Crippen LogP contribution in [-0.4, -0.2) is 32.9 Å². The van der Waals surface area contributed by atoms with Gasteiger partial charge in [-0.05, 0) is 18.6 Å². The first kappa shape index (κ1) is 13.1. The van der Waals surface area contributed by atoms with Gasteiger partial charge in [-0.1, -0.05) is 6.08 Å². The Morgan fingerprint density at radius 2 is 2.32 bits per heavy atom. The monoisotopic (exact) mass is 257 g/mol. The molecule has 6 nitrogen and oxygen atoms in total. The van der Waals surface area contributed by atoms with Gasteiger partial charge in [-0.25, -0.2) is 9.98 Å². The van der Waals surface area contributed by atoms with Gasteiger partial charge in [0.25, 0.3) is 0 Å². The molecule has 0 aromatic carbocycles. The summed E-state index contributed by atoms with van der Waals surface area (Å²) >= 11 is 0. The first-order chi connectivity index (χ1) is 9.24. The number of fused-ring (bicyclic) bond motifs is 1. The third kappa shape index (κ3) is 3.11. The van der Waals surface area contributed by atoms with E-state index in [1.807, 2.05) is 0 Å². The summed E-state index contributed by atoms with van der Waals surface area (Å²) in [7, 11) is 0. The van der Waals surface area contributed by atoms with Gasteiger partial charge in [-0.2, -0.15) is 4.98 Å². The molecular formula is C13H15N5O. The molecule has 0 bridgehead atoms. The third-order valence-corrected chi connectivity index (χ3v) is 2.57. The minimum atomic E-state index is -0.0903. The molecule has 3 N–H and O–H groups in total. The molecule has 2 heterocycles. The number of aromatic nitrogens is 3. The van der Waals surface area contributed by atoms with Crippen LogP contribution in [-0.2, 0) is 0 Å². The zero-order valence-corrected chi connectivity index (χ0v) is 10.4. The van der Waals surface area contributed by atoms with Crippen LogP contribution < -0.4 is 5.73 Å². The van der Waals surface area contributed by atoms with Crippen LogP contribution in [0.1, 0.15) is 6.42 Å². The van der Waals surface area contributed by atoms with E-state index in [-0.39, 0.29) is 18.5 Å². The molecule has 0 saturated carbocycles. The lowest BCUT2D eigenvalue weighted by Crippen LogP contribution is -2.06. The molecule has 2 aromatic heterocycles. The first-order valence-electron chi connectivity index (χ1n) is 5.88.